The topological polar surface area (TPSA) is 91.4 Å². The Hall–Kier alpha value is -3.39. The lowest BCUT2D eigenvalue weighted by atomic mass is 10.0. The summed E-state index contributed by atoms with van der Waals surface area (Å²) in [5, 5.41) is 2.38. The number of nitrogens with one attached hydrogen (secondary N) is 1. The molecule has 1 aliphatic rings. The molecule has 1 heterocycles. The highest BCUT2D eigenvalue weighted by Gasteiger charge is 2.35. The number of carbonyl (C=O) groups is 3. The molecule has 0 spiro atoms. The Labute approximate surface area is 262 Å². The van der Waals surface area contributed by atoms with Gasteiger partial charge in [0.1, 0.15) is 23.6 Å². The molecule has 0 atom stereocenters. The van der Waals surface area contributed by atoms with Crippen molar-refractivity contribution in [3.05, 3.63) is 57.8 Å². The lowest BCUT2D eigenvalue weighted by Crippen LogP contribution is -2.49. The summed E-state index contributed by atoms with van der Waals surface area (Å²) in [7, 11) is 0. The molecular formula is C30H37BrF4N4O5. The van der Waals surface area contributed by atoms with E-state index < -0.39 is 53.4 Å². The van der Waals surface area contributed by atoms with E-state index in [9.17, 15) is 31.9 Å². The second-order valence-corrected chi connectivity index (χ2v) is 13.2. The normalized spacial score (nSPS) is 14.7. The zero-order valence-electron chi connectivity index (χ0n) is 25.5. The van der Waals surface area contributed by atoms with E-state index in [0.717, 1.165) is 17.0 Å². The number of hydrogen-bond acceptors (Lipinski definition) is 6. The van der Waals surface area contributed by atoms with Crippen molar-refractivity contribution in [2.24, 2.45) is 0 Å². The van der Waals surface area contributed by atoms with Crippen LogP contribution in [0.5, 0.6) is 0 Å². The van der Waals surface area contributed by atoms with Crippen LogP contribution in [0.25, 0.3) is 0 Å². The van der Waals surface area contributed by atoms with Gasteiger partial charge in [0.15, 0.2) is 0 Å². The van der Waals surface area contributed by atoms with E-state index in [4.69, 9.17) is 9.47 Å². The average molecular weight is 690 g/mol. The highest BCUT2D eigenvalue weighted by molar-refractivity contribution is 9.10. The molecule has 14 heteroatoms. The smallest absolute Gasteiger partial charge is 0.416 e. The summed E-state index contributed by atoms with van der Waals surface area (Å²) in [6, 6.07) is 7.29. The number of nitrogens with zero attached hydrogens (tertiary/aromatic N) is 3. The molecule has 0 bridgehead atoms. The van der Waals surface area contributed by atoms with E-state index in [0.29, 0.717) is 30.7 Å². The van der Waals surface area contributed by atoms with Gasteiger partial charge in [-0.05, 0) is 77.4 Å². The number of halogens is 5. The molecule has 44 heavy (non-hydrogen) atoms. The number of amides is 3. The third-order valence-corrected chi connectivity index (χ3v) is 6.73. The lowest BCUT2D eigenvalue weighted by molar-refractivity contribution is -0.138. The van der Waals surface area contributed by atoms with Crippen molar-refractivity contribution in [1.29, 1.82) is 0 Å². The first-order valence-electron chi connectivity index (χ1n) is 13.9. The number of piperazine rings is 1. The zero-order valence-corrected chi connectivity index (χ0v) is 27.1. The van der Waals surface area contributed by atoms with Crippen LogP contribution in [-0.2, 0) is 27.0 Å². The Morgan fingerprint density at radius 3 is 2.07 bits per heavy atom. The fourth-order valence-electron chi connectivity index (χ4n) is 4.32. The summed E-state index contributed by atoms with van der Waals surface area (Å²) >= 11 is 3.13. The van der Waals surface area contributed by atoms with E-state index in [1.54, 1.807) is 46.4 Å². The third-order valence-electron chi connectivity index (χ3n) is 6.23. The Bertz CT molecular complexity index is 1370. The summed E-state index contributed by atoms with van der Waals surface area (Å²) < 4.78 is 68.2. The molecule has 242 valence electrons. The molecule has 1 fully saturated rings. The molecule has 0 saturated carbocycles. The maximum Gasteiger partial charge on any atom is 0.416 e. The summed E-state index contributed by atoms with van der Waals surface area (Å²) in [5.74, 6) is -1.68. The number of hydrogen-bond donors (Lipinski definition) is 1. The monoisotopic (exact) mass is 688 g/mol. The third kappa shape index (κ3) is 10.4. The van der Waals surface area contributed by atoms with Gasteiger partial charge >= 0.3 is 18.4 Å². The number of anilines is 2. The van der Waals surface area contributed by atoms with Gasteiger partial charge in [0.2, 0.25) is 5.91 Å². The molecule has 3 amide bonds. The van der Waals surface area contributed by atoms with Crippen molar-refractivity contribution >= 4 is 45.4 Å². The molecule has 2 aromatic carbocycles. The van der Waals surface area contributed by atoms with E-state index in [2.05, 4.69) is 21.2 Å². The second-order valence-electron chi connectivity index (χ2n) is 12.3. The molecule has 0 unspecified atom stereocenters. The molecule has 1 N–H and O–H groups in total. The SMILES string of the molecule is CC(C)(C)OC(=O)N1CCN(Cc2ccc(NC(=O)CN(C(=O)OC(C)(C)C)c3ccc(Br)cc3F)cc2C(F)(F)F)CC1. The number of carbonyl (C=O) groups excluding carboxylic acids is 3. The van der Waals surface area contributed by atoms with Crippen LogP contribution in [0.1, 0.15) is 52.7 Å². The van der Waals surface area contributed by atoms with Crippen LogP contribution in [-0.4, -0.2) is 71.8 Å². The van der Waals surface area contributed by atoms with Gasteiger partial charge in [0.25, 0.3) is 0 Å². The second kappa shape index (κ2) is 13.7. The lowest BCUT2D eigenvalue weighted by Gasteiger charge is -2.36. The van der Waals surface area contributed by atoms with Crippen molar-refractivity contribution in [2.45, 2.75) is 65.5 Å². The fraction of sp³-hybridized carbons (Fsp3) is 0.500. The van der Waals surface area contributed by atoms with Crippen molar-refractivity contribution in [3.8, 4) is 0 Å². The number of benzene rings is 2. The van der Waals surface area contributed by atoms with Crippen LogP contribution >= 0.6 is 15.9 Å². The van der Waals surface area contributed by atoms with Gasteiger partial charge < -0.3 is 19.7 Å². The molecule has 3 rings (SSSR count). The van der Waals surface area contributed by atoms with Crippen LogP contribution in [0.3, 0.4) is 0 Å². The number of alkyl halides is 3. The Morgan fingerprint density at radius 1 is 0.909 bits per heavy atom. The summed E-state index contributed by atoms with van der Waals surface area (Å²) in [6.07, 6.45) is -6.20. The molecule has 1 saturated heterocycles. The maximum atomic E-state index is 14.8. The number of rotatable bonds is 6. The van der Waals surface area contributed by atoms with Crippen molar-refractivity contribution in [1.82, 2.24) is 9.80 Å². The van der Waals surface area contributed by atoms with Gasteiger partial charge in [-0.2, -0.15) is 13.2 Å². The number of ether oxygens (including phenoxy) is 2. The Balaban J connectivity index is 1.74. The van der Waals surface area contributed by atoms with Crippen LogP contribution in [0.2, 0.25) is 0 Å². The highest BCUT2D eigenvalue weighted by Crippen LogP contribution is 2.35. The molecule has 0 aliphatic carbocycles. The summed E-state index contributed by atoms with van der Waals surface area (Å²) in [6.45, 7) is 10.6. The standard InChI is InChI=1S/C30H37BrF4N4O5/c1-28(2,3)43-26(41)38-13-11-37(12-14-38)17-19-7-9-21(16-22(19)30(33,34)35)36-25(40)18-39(27(42)44-29(4,5)6)24-10-8-20(31)15-23(24)32/h7-10,15-16H,11-14,17-18H2,1-6H3,(H,36,40). The van der Waals surface area contributed by atoms with Crippen LogP contribution in [0, 0.1) is 5.82 Å². The highest BCUT2D eigenvalue weighted by atomic mass is 79.9. The van der Waals surface area contributed by atoms with Gasteiger partial charge in [-0.3, -0.25) is 14.6 Å². The minimum absolute atomic E-state index is 0.00599. The van der Waals surface area contributed by atoms with Crippen LogP contribution < -0.4 is 10.2 Å². The first kappa shape index (κ1) is 35.1. The van der Waals surface area contributed by atoms with E-state index in [1.807, 2.05) is 0 Å². The molecule has 1 aliphatic heterocycles. The molecular weight excluding hydrogens is 652 g/mol. The van der Waals surface area contributed by atoms with Crippen molar-refractivity contribution in [2.75, 3.05) is 42.9 Å². The average Bonchev–Trinajstić information content (AvgIpc) is 2.86. The Kier molecular flexibility index (Phi) is 10.9. The van der Waals surface area contributed by atoms with E-state index >= 15 is 0 Å². The van der Waals surface area contributed by atoms with Crippen LogP contribution in [0.15, 0.2) is 40.9 Å². The van der Waals surface area contributed by atoms with Crippen molar-refractivity contribution < 1.29 is 41.4 Å². The minimum Gasteiger partial charge on any atom is -0.444 e. The minimum atomic E-state index is -4.72. The predicted molar refractivity (Wildman–Crippen MR) is 161 cm³/mol. The fourth-order valence-corrected chi connectivity index (χ4v) is 4.65. The van der Waals surface area contributed by atoms with Gasteiger partial charge in [-0.15, -0.1) is 0 Å². The molecule has 2 aromatic rings. The zero-order chi connectivity index (χ0) is 33.0. The maximum absolute atomic E-state index is 14.8. The quantitative estimate of drug-likeness (QED) is 0.328. The summed E-state index contributed by atoms with van der Waals surface area (Å²) in [4.78, 5) is 42.3. The van der Waals surface area contributed by atoms with Gasteiger partial charge in [0.05, 0.1) is 11.3 Å². The van der Waals surface area contributed by atoms with Crippen molar-refractivity contribution in [3.63, 3.8) is 0 Å². The molecule has 9 nitrogen and oxygen atoms in total. The van der Waals surface area contributed by atoms with Crippen LogP contribution in [0.4, 0.5) is 38.5 Å². The molecule has 0 radical (unpaired) electrons. The van der Waals surface area contributed by atoms with Gasteiger partial charge in [-0.25, -0.2) is 14.0 Å². The first-order valence-corrected chi connectivity index (χ1v) is 14.7. The Morgan fingerprint density at radius 2 is 1.52 bits per heavy atom. The molecule has 0 aromatic heterocycles. The van der Waals surface area contributed by atoms with E-state index in [-0.39, 0.29) is 23.5 Å². The van der Waals surface area contributed by atoms with Gasteiger partial charge in [0, 0.05) is 42.9 Å². The van der Waals surface area contributed by atoms with Gasteiger partial charge in [-0.1, -0.05) is 22.0 Å². The predicted octanol–water partition coefficient (Wildman–Crippen LogP) is 7.04. The first-order chi connectivity index (χ1) is 20.2. The summed E-state index contributed by atoms with van der Waals surface area (Å²) in [5.41, 5.74) is -2.95. The van der Waals surface area contributed by atoms with E-state index in [1.165, 1.54) is 29.2 Å². The largest absolute Gasteiger partial charge is 0.444 e.